The number of carboxylic acids is 1. The molecular formula is C21H26N2O3. The predicted molar refractivity (Wildman–Crippen MR) is 100 cm³/mol. The van der Waals surface area contributed by atoms with Crippen LogP contribution in [0.3, 0.4) is 0 Å². The Morgan fingerprint density at radius 2 is 2.19 bits per heavy atom. The van der Waals surface area contributed by atoms with Crippen molar-refractivity contribution in [2.75, 3.05) is 13.2 Å². The lowest BCUT2D eigenvalue weighted by Gasteiger charge is -2.25. The van der Waals surface area contributed by atoms with Gasteiger partial charge in [0, 0.05) is 30.0 Å². The molecule has 138 valence electrons. The Labute approximate surface area is 154 Å². The van der Waals surface area contributed by atoms with Crippen LogP contribution in [0.5, 0.6) is 5.75 Å². The molecule has 0 amide bonds. The molecule has 1 N–H and O–H groups in total. The summed E-state index contributed by atoms with van der Waals surface area (Å²) in [4.78, 5) is 17.5. The first kappa shape index (κ1) is 18.4. The number of rotatable bonds is 8. The number of hydrogen-bond donors (Lipinski definition) is 1. The first-order chi connectivity index (χ1) is 12.6. The molecule has 2 aromatic rings. The number of carbonyl (C=O) groups is 1. The lowest BCUT2D eigenvalue weighted by molar-refractivity contribution is -0.139. The summed E-state index contributed by atoms with van der Waals surface area (Å²) in [6.45, 7) is 3.60. The quantitative estimate of drug-likeness (QED) is 0.787. The largest absolute Gasteiger partial charge is 0.482 e. The van der Waals surface area contributed by atoms with Gasteiger partial charge in [0.05, 0.1) is 0 Å². The Hall–Kier alpha value is -2.40. The number of likely N-dealkylation sites (tertiary alicyclic amines) is 1. The molecule has 1 aromatic carbocycles. The van der Waals surface area contributed by atoms with E-state index in [0.717, 1.165) is 37.2 Å². The molecule has 26 heavy (non-hydrogen) atoms. The van der Waals surface area contributed by atoms with Crippen LogP contribution in [0.1, 0.15) is 36.1 Å². The van der Waals surface area contributed by atoms with Gasteiger partial charge in [0.1, 0.15) is 5.75 Å². The fourth-order valence-corrected chi connectivity index (χ4v) is 3.66. The molecule has 5 nitrogen and oxygen atoms in total. The van der Waals surface area contributed by atoms with Crippen molar-refractivity contribution in [2.24, 2.45) is 0 Å². The third-order valence-corrected chi connectivity index (χ3v) is 4.92. The first-order valence-electron chi connectivity index (χ1n) is 9.20. The lowest BCUT2D eigenvalue weighted by atomic mass is 10.0. The van der Waals surface area contributed by atoms with Crippen molar-refractivity contribution in [3.63, 3.8) is 0 Å². The van der Waals surface area contributed by atoms with Gasteiger partial charge < -0.3 is 9.84 Å². The van der Waals surface area contributed by atoms with Crippen molar-refractivity contribution in [3.8, 4) is 5.75 Å². The van der Waals surface area contributed by atoms with Crippen LogP contribution in [-0.2, 0) is 17.8 Å². The molecule has 0 spiro atoms. The number of aliphatic carboxylic acids is 1. The summed E-state index contributed by atoms with van der Waals surface area (Å²) in [6, 6.07) is 12.6. The van der Waals surface area contributed by atoms with E-state index in [0.29, 0.717) is 11.8 Å². The maximum Gasteiger partial charge on any atom is 0.341 e. The lowest BCUT2D eigenvalue weighted by Crippen LogP contribution is -2.29. The number of hydrogen-bond acceptors (Lipinski definition) is 4. The van der Waals surface area contributed by atoms with Crippen molar-refractivity contribution < 1.29 is 14.6 Å². The van der Waals surface area contributed by atoms with Crippen LogP contribution in [0.4, 0.5) is 0 Å². The molecule has 2 heterocycles. The zero-order valence-electron chi connectivity index (χ0n) is 15.2. The summed E-state index contributed by atoms with van der Waals surface area (Å²) in [6.07, 6.45) is 6.48. The third-order valence-electron chi connectivity index (χ3n) is 4.92. The number of benzene rings is 1. The molecule has 0 bridgehead atoms. The second-order valence-corrected chi connectivity index (χ2v) is 6.90. The smallest absolute Gasteiger partial charge is 0.341 e. The van der Waals surface area contributed by atoms with Crippen LogP contribution >= 0.6 is 0 Å². The van der Waals surface area contributed by atoms with Gasteiger partial charge in [-0.25, -0.2) is 4.79 Å². The summed E-state index contributed by atoms with van der Waals surface area (Å²) < 4.78 is 5.45. The number of para-hydroxylation sites is 1. The van der Waals surface area contributed by atoms with E-state index in [1.807, 2.05) is 37.4 Å². The first-order valence-corrected chi connectivity index (χ1v) is 9.20. The average molecular weight is 354 g/mol. The zero-order valence-corrected chi connectivity index (χ0v) is 15.2. The highest BCUT2D eigenvalue weighted by molar-refractivity contribution is 5.68. The van der Waals surface area contributed by atoms with Crippen molar-refractivity contribution >= 4 is 5.97 Å². The Morgan fingerprint density at radius 3 is 3.00 bits per heavy atom. The molecule has 0 radical (unpaired) electrons. The van der Waals surface area contributed by atoms with Gasteiger partial charge in [-0.3, -0.25) is 9.88 Å². The van der Waals surface area contributed by atoms with E-state index in [4.69, 9.17) is 9.84 Å². The summed E-state index contributed by atoms with van der Waals surface area (Å²) in [5, 5.41) is 8.85. The van der Waals surface area contributed by atoms with Gasteiger partial charge in [0.25, 0.3) is 0 Å². The van der Waals surface area contributed by atoms with Crippen molar-refractivity contribution in [1.29, 1.82) is 0 Å². The maximum atomic E-state index is 10.8. The van der Waals surface area contributed by atoms with Crippen LogP contribution in [0.25, 0.3) is 0 Å². The molecule has 0 unspecified atom stereocenters. The molecule has 1 aromatic heterocycles. The van der Waals surface area contributed by atoms with Crippen molar-refractivity contribution in [3.05, 3.63) is 59.4 Å². The van der Waals surface area contributed by atoms with Gasteiger partial charge in [0.15, 0.2) is 6.61 Å². The number of aryl methyl sites for hydroxylation is 2. The molecule has 1 aliphatic heterocycles. The summed E-state index contributed by atoms with van der Waals surface area (Å²) in [5.74, 6) is -0.281. The molecule has 1 saturated heterocycles. The normalized spacial score (nSPS) is 17.3. The van der Waals surface area contributed by atoms with Crippen LogP contribution in [0.2, 0.25) is 0 Å². The standard InChI is InChI=1S/C21H26N2O3/c1-16-13-17(10-11-22-16)8-9-19-6-4-12-23(19)14-18-5-2-3-7-20(18)26-15-21(24)25/h2-3,5,7,10-11,13,19H,4,6,8-9,12,14-15H2,1H3,(H,24,25)/t19-/m1/s1. The van der Waals surface area contributed by atoms with Gasteiger partial charge in [-0.15, -0.1) is 0 Å². The number of pyridine rings is 1. The molecule has 1 atom stereocenters. The van der Waals surface area contributed by atoms with E-state index in [9.17, 15) is 4.79 Å². The van der Waals surface area contributed by atoms with E-state index in [1.165, 1.54) is 18.4 Å². The van der Waals surface area contributed by atoms with Gasteiger partial charge in [0.2, 0.25) is 0 Å². The van der Waals surface area contributed by atoms with Crippen molar-refractivity contribution in [2.45, 2.75) is 45.2 Å². The minimum atomic E-state index is -0.952. The molecule has 0 saturated carbocycles. The van der Waals surface area contributed by atoms with Crippen LogP contribution in [-0.4, -0.2) is 40.2 Å². The maximum absolute atomic E-state index is 10.8. The fraction of sp³-hybridized carbons (Fsp3) is 0.429. The molecule has 1 aliphatic rings. The van der Waals surface area contributed by atoms with Crippen molar-refractivity contribution in [1.82, 2.24) is 9.88 Å². The Morgan fingerprint density at radius 1 is 1.35 bits per heavy atom. The van der Waals surface area contributed by atoms with Gasteiger partial charge in [-0.1, -0.05) is 18.2 Å². The molecular weight excluding hydrogens is 328 g/mol. The highest BCUT2D eigenvalue weighted by Gasteiger charge is 2.25. The number of aromatic nitrogens is 1. The van der Waals surface area contributed by atoms with E-state index in [2.05, 4.69) is 22.0 Å². The van der Waals surface area contributed by atoms with Crippen LogP contribution < -0.4 is 4.74 Å². The Bertz CT molecular complexity index is 748. The van der Waals surface area contributed by atoms with E-state index >= 15 is 0 Å². The SMILES string of the molecule is Cc1cc(CC[C@H]2CCCN2Cc2ccccc2OCC(=O)O)ccn1. The average Bonchev–Trinajstić information content (AvgIpc) is 3.06. The summed E-state index contributed by atoms with van der Waals surface area (Å²) >= 11 is 0. The number of nitrogens with zero attached hydrogens (tertiary/aromatic N) is 2. The Kier molecular flexibility index (Phi) is 6.23. The second kappa shape index (κ2) is 8.81. The third kappa shape index (κ3) is 5.05. The van der Waals surface area contributed by atoms with Crippen LogP contribution in [0, 0.1) is 6.92 Å². The zero-order chi connectivity index (χ0) is 18.4. The van der Waals surface area contributed by atoms with Crippen LogP contribution in [0.15, 0.2) is 42.6 Å². The molecule has 1 fully saturated rings. The fourth-order valence-electron chi connectivity index (χ4n) is 3.66. The van der Waals surface area contributed by atoms with Gasteiger partial charge >= 0.3 is 5.97 Å². The summed E-state index contributed by atoms with van der Waals surface area (Å²) in [7, 11) is 0. The van der Waals surface area contributed by atoms with Gasteiger partial charge in [-0.2, -0.15) is 0 Å². The minimum absolute atomic E-state index is 0.304. The minimum Gasteiger partial charge on any atom is -0.482 e. The van der Waals surface area contributed by atoms with E-state index < -0.39 is 5.97 Å². The second-order valence-electron chi connectivity index (χ2n) is 6.90. The topological polar surface area (TPSA) is 62.7 Å². The molecule has 5 heteroatoms. The van der Waals surface area contributed by atoms with E-state index in [1.54, 1.807) is 0 Å². The summed E-state index contributed by atoms with van der Waals surface area (Å²) in [5.41, 5.74) is 3.46. The molecule has 0 aliphatic carbocycles. The highest BCUT2D eigenvalue weighted by atomic mass is 16.5. The number of ether oxygens (including phenoxy) is 1. The van der Waals surface area contributed by atoms with E-state index in [-0.39, 0.29) is 6.61 Å². The monoisotopic (exact) mass is 354 g/mol. The highest BCUT2D eigenvalue weighted by Crippen LogP contribution is 2.27. The predicted octanol–water partition coefficient (Wildman–Crippen LogP) is 3.45. The number of carboxylic acid groups (broad SMARTS) is 1. The Balaban J connectivity index is 1.61. The molecule has 3 rings (SSSR count). The van der Waals surface area contributed by atoms with Gasteiger partial charge in [-0.05, 0) is 62.9 Å².